The fourth-order valence-corrected chi connectivity index (χ4v) is 5.39. The third-order valence-electron chi connectivity index (χ3n) is 7.42. The summed E-state index contributed by atoms with van der Waals surface area (Å²) in [7, 11) is 1.69. The van der Waals surface area contributed by atoms with Crippen molar-refractivity contribution < 1.29 is 18.4 Å². The second-order valence-corrected chi connectivity index (χ2v) is 10.4. The molecule has 2 aromatic heterocycles. The summed E-state index contributed by atoms with van der Waals surface area (Å²) in [5, 5.41) is 13.2. The minimum absolute atomic E-state index is 0.000725. The van der Waals surface area contributed by atoms with Crippen LogP contribution >= 0.6 is 0 Å². The summed E-state index contributed by atoms with van der Waals surface area (Å²) in [6, 6.07) is 14.2. The Morgan fingerprint density at radius 3 is 2.37 bits per heavy atom. The number of rotatable bonds is 7. The smallest absolute Gasteiger partial charge is 0.271 e. The molecule has 0 aliphatic heterocycles. The minimum atomic E-state index is -0.969. The van der Waals surface area contributed by atoms with Gasteiger partial charge >= 0.3 is 0 Å². The maximum atomic E-state index is 14.1. The molecule has 11 heteroatoms. The number of hydrogen-bond acceptors (Lipinski definition) is 6. The van der Waals surface area contributed by atoms with Crippen LogP contribution in [0.3, 0.4) is 0 Å². The summed E-state index contributed by atoms with van der Waals surface area (Å²) in [4.78, 5) is 36.3. The minimum Gasteiger partial charge on any atom is -0.372 e. The number of benzene rings is 2. The van der Waals surface area contributed by atoms with Gasteiger partial charge in [0.2, 0.25) is 11.7 Å². The number of hydrogen-bond donors (Lipinski definition) is 2. The number of nitriles is 1. The summed E-state index contributed by atoms with van der Waals surface area (Å²) in [6.45, 7) is -0.213. The molecule has 0 unspecified atom stereocenters. The number of amides is 2. The largest absolute Gasteiger partial charge is 0.372 e. The van der Waals surface area contributed by atoms with Crippen molar-refractivity contribution in [3.05, 3.63) is 88.4 Å². The van der Waals surface area contributed by atoms with E-state index in [1.54, 1.807) is 37.4 Å². The van der Waals surface area contributed by atoms with Crippen LogP contribution in [0, 0.1) is 34.8 Å². The van der Waals surface area contributed by atoms with E-state index >= 15 is 0 Å². The SMILES string of the molecule is CNc1nc(C#N)nc2c1cc(C(=O)N(CC(N)=O)Cc1ccc(C#Cc3ccc(F)c(F)c3)cc1)n2C1CCCCC1. The van der Waals surface area contributed by atoms with E-state index in [2.05, 4.69) is 27.1 Å². The average molecular weight is 582 g/mol. The van der Waals surface area contributed by atoms with Crippen LogP contribution in [-0.4, -0.2) is 44.8 Å². The first-order valence-electron chi connectivity index (χ1n) is 13.9. The molecule has 0 bridgehead atoms. The van der Waals surface area contributed by atoms with Gasteiger partial charge in [-0.15, -0.1) is 0 Å². The maximum absolute atomic E-state index is 14.1. The molecule has 0 atom stereocenters. The van der Waals surface area contributed by atoms with Crippen molar-refractivity contribution in [1.82, 2.24) is 19.4 Å². The Labute approximate surface area is 247 Å². The first-order chi connectivity index (χ1) is 20.8. The van der Waals surface area contributed by atoms with Crippen molar-refractivity contribution >= 4 is 28.7 Å². The first kappa shape index (κ1) is 29.2. The van der Waals surface area contributed by atoms with Gasteiger partial charge in [0.25, 0.3) is 5.91 Å². The highest BCUT2D eigenvalue weighted by Gasteiger charge is 2.29. The number of anilines is 1. The number of nitrogens with zero attached hydrogens (tertiary/aromatic N) is 5. The molecule has 1 aliphatic carbocycles. The number of nitrogens with two attached hydrogens (primary N) is 1. The maximum Gasteiger partial charge on any atom is 0.271 e. The topological polar surface area (TPSA) is 130 Å². The van der Waals surface area contributed by atoms with Crippen LogP contribution in [0.15, 0.2) is 48.5 Å². The summed E-state index contributed by atoms with van der Waals surface area (Å²) in [5.41, 5.74) is 8.10. The van der Waals surface area contributed by atoms with E-state index in [0.717, 1.165) is 49.8 Å². The lowest BCUT2D eigenvalue weighted by Crippen LogP contribution is -2.39. The van der Waals surface area contributed by atoms with Crippen molar-refractivity contribution in [2.24, 2.45) is 5.73 Å². The predicted octanol–water partition coefficient (Wildman–Crippen LogP) is 4.66. The number of aromatic nitrogens is 3. The number of primary amides is 1. The third-order valence-corrected chi connectivity index (χ3v) is 7.42. The Morgan fingerprint density at radius 1 is 1.02 bits per heavy atom. The predicted molar refractivity (Wildman–Crippen MR) is 157 cm³/mol. The number of carbonyl (C=O) groups excluding carboxylic acids is 2. The molecule has 0 radical (unpaired) electrons. The highest BCUT2D eigenvalue weighted by atomic mass is 19.2. The van der Waals surface area contributed by atoms with Gasteiger partial charge in [-0.1, -0.05) is 43.2 Å². The molecule has 2 aromatic carbocycles. The fourth-order valence-electron chi connectivity index (χ4n) is 5.39. The molecule has 218 valence electrons. The van der Waals surface area contributed by atoms with Gasteiger partial charge in [0.05, 0.1) is 5.39 Å². The van der Waals surface area contributed by atoms with Gasteiger partial charge in [-0.25, -0.2) is 18.7 Å². The highest BCUT2D eigenvalue weighted by molar-refractivity contribution is 6.02. The molecule has 2 heterocycles. The standard InChI is InChI=1S/C32H29F2N7O2/c1-37-30-24-16-27(41(23-5-3-2-4-6-23)31(24)39-29(17-35)38-30)32(43)40(19-28(36)42)18-22-11-8-20(9-12-22)7-10-21-13-14-25(33)26(34)15-21/h8-9,11-16,23H,2-6,18-19H2,1H3,(H2,36,42)(H,37,38,39). The second-order valence-electron chi connectivity index (χ2n) is 10.4. The Hall–Kier alpha value is -5.29. The molecule has 43 heavy (non-hydrogen) atoms. The van der Waals surface area contributed by atoms with E-state index in [4.69, 9.17) is 5.73 Å². The molecule has 3 N–H and O–H groups in total. The quantitative estimate of drug-likeness (QED) is 0.306. The molecule has 1 saturated carbocycles. The van der Waals surface area contributed by atoms with Gasteiger partial charge in [-0.05, 0) is 54.8 Å². The molecule has 1 aliphatic rings. The van der Waals surface area contributed by atoms with E-state index in [1.165, 1.54) is 11.0 Å². The number of carbonyl (C=O) groups is 2. The van der Waals surface area contributed by atoms with Crippen molar-refractivity contribution in [3.8, 4) is 17.9 Å². The Morgan fingerprint density at radius 2 is 1.72 bits per heavy atom. The van der Waals surface area contributed by atoms with Gasteiger partial charge in [0.15, 0.2) is 11.6 Å². The monoisotopic (exact) mass is 581 g/mol. The molecule has 9 nitrogen and oxygen atoms in total. The van der Waals surface area contributed by atoms with Crippen LogP contribution in [0.25, 0.3) is 11.0 Å². The first-order valence-corrected chi connectivity index (χ1v) is 13.9. The van der Waals surface area contributed by atoms with Crippen LogP contribution in [-0.2, 0) is 11.3 Å². The number of halogens is 2. The fraction of sp³-hybridized carbons (Fsp3) is 0.281. The van der Waals surface area contributed by atoms with Crippen molar-refractivity contribution in [2.45, 2.75) is 44.7 Å². The van der Waals surface area contributed by atoms with Crippen LogP contribution in [0.1, 0.15) is 71.1 Å². The summed E-state index contributed by atoms with van der Waals surface area (Å²) < 4.78 is 28.6. The van der Waals surface area contributed by atoms with Crippen LogP contribution in [0.4, 0.5) is 14.6 Å². The number of nitrogens with one attached hydrogen (secondary N) is 1. The Kier molecular flexibility index (Phi) is 8.63. The van der Waals surface area contributed by atoms with Crippen LogP contribution in [0.2, 0.25) is 0 Å². The molecular weight excluding hydrogens is 552 g/mol. The van der Waals surface area contributed by atoms with Gasteiger partial charge < -0.3 is 20.5 Å². The molecule has 4 aromatic rings. The lowest BCUT2D eigenvalue weighted by molar-refractivity contribution is -0.118. The summed E-state index contributed by atoms with van der Waals surface area (Å²) >= 11 is 0. The van der Waals surface area contributed by atoms with Gasteiger partial charge in [0.1, 0.15) is 29.8 Å². The van der Waals surface area contributed by atoms with Gasteiger partial charge in [-0.2, -0.15) is 5.26 Å². The van der Waals surface area contributed by atoms with E-state index in [-0.39, 0.29) is 25.0 Å². The Balaban J connectivity index is 1.47. The lowest BCUT2D eigenvalue weighted by atomic mass is 9.95. The number of fused-ring (bicyclic) bond motifs is 1. The second kappa shape index (κ2) is 12.7. The zero-order valence-corrected chi connectivity index (χ0v) is 23.5. The van der Waals surface area contributed by atoms with E-state index in [9.17, 15) is 23.6 Å². The third kappa shape index (κ3) is 6.47. The molecule has 5 rings (SSSR count). The van der Waals surface area contributed by atoms with Gasteiger partial charge in [0, 0.05) is 30.8 Å². The zero-order chi connectivity index (χ0) is 30.5. The van der Waals surface area contributed by atoms with Gasteiger partial charge in [-0.3, -0.25) is 9.59 Å². The molecule has 0 spiro atoms. The van der Waals surface area contributed by atoms with Crippen molar-refractivity contribution in [2.75, 3.05) is 18.9 Å². The summed E-state index contributed by atoms with van der Waals surface area (Å²) in [5.74, 6) is 3.17. The zero-order valence-electron chi connectivity index (χ0n) is 23.5. The summed E-state index contributed by atoms with van der Waals surface area (Å²) in [6.07, 6.45) is 4.82. The molecule has 2 amide bonds. The Bertz CT molecular complexity index is 1790. The molecule has 1 fully saturated rings. The highest BCUT2D eigenvalue weighted by Crippen LogP contribution is 2.35. The average Bonchev–Trinajstić information content (AvgIpc) is 3.41. The van der Waals surface area contributed by atoms with E-state index < -0.39 is 23.4 Å². The van der Waals surface area contributed by atoms with E-state index in [1.807, 2.05) is 10.6 Å². The van der Waals surface area contributed by atoms with Crippen LogP contribution in [0.5, 0.6) is 0 Å². The lowest BCUT2D eigenvalue weighted by Gasteiger charge is -2.28. The van der Waals surface area contributed by atoms with Crippen molar-refractivity contribution in [3.63, 3.8) is 0 Å². The molecular formula is C32H29F2N7O2. The van der Waals surface area contributed by atoms with Crippen LogP contribution < -0.4 is 11.1 Å². The van der Waals surface area contributed by atoms with E-state index in [0.29, 0.717) is 33.7 Å². The molecule has 0 saturated heterocycles. The normalized spacial score (nSPS) is 13.2. The van der Waals surface area contributed by atoms with Crippen molar-refractivity contribution in [1.29, 1.82) is 5.26 Å².